The molecular formula is C67H74N4O12. The molecule has 1 aliphatic heterocycles. The van der Waals surface area contributed by atoms with Gasteiger partial charge < -0.3 is 69.8 Å². The fraction of sp³-hybridized carbons (Fsp3) is 0.433. The molecule has 4 heterocycles. The molecule has 16 heteroatoms. The number of ether oxygens (including phenoxy) is 3. The number of hydrogen-bond donors (Lipinski definition) is 10. The Bertz CT molecular complexity index is 3680. The molecule has 11 atom stereocenters. The minimum atomic E-state index is -1.36. The number of cyclic esters (lactones) is 1. The van der Waals surface area contributed by atoms with Crippen LogP contribution in [-0.4, -0.2) is 119 Å². The Balaban J connectivity index is 1.00. The number of esters is 1. The van der Waals surface area contributed by atoms with E-state index < -0.39 is 41.8 Å². The van der Waals surface area contributed by atoms with Crippen molar-refractivity contribution in [2.45, 2.75) is 126 Å². The molecule has 3 aromatic heterocycles. The summed E-state index contributed by atoms with van der Waals surface area (Å²) in [6.45, 7) is 2.38. The lowest BCUT2D eigenvalue weighted by Crippen LogP contribution is -2.54. The van der Waals surface area contributed by atoms with Gasteiger partial charge >= 0.3 is 5.97 Å². The number of phenols is 3. The first-order valence-corrected chi connectivity index (χ1v) is 29.3. The van der Waals surface area contributed by atoms with Crippen LogP contribution in [0.4, 0.5) is 0 Å². The Labute approximate surface area is 482 Å². The van der Waals surface area contributed by atoms with Gasteiger partial charge in [0.05, 0.1) is 54.4 Å². The van der Waals surface area contributed by atoms with Crippen LogP contribution in [0.5, 0.6) is 28.7 Å². The first kappa shape index (κ1) is 56.0. The van der Waals surface area contributed by atoms with Crippen molar-refractivity contribution in [2.75, 3.05) is 26.9 Å². The molecule has 1 spiro atoms. The molecule has 11 unspecified atom stereocenters. The highest BCUT2D eigenvalue weighted by atomic mass is 16.6. The highest BCUT2D eigenvalue weighted by Crippen LogP contribution is 2.67. The normalized spacial score (nSPS) is 26.9. The van der Waals surface area contributed by atoms with Crippen molar-refractivity contribution in [1.82, 2.24) is 19.9 Å². The van der Waals surface area contributed by atoms with Crippen LogP contribution in [0, 0.1) is 40.9 Å². The second kappa shape index (κ2) is 22.9. The summed E-state index contributed by atoms with van der Waals surface area (Å²) in [4.78, 5) is 36.5. The van der Waals surface area contributed by atoms with Crippen LogP contribution < -0.4 is 14.8 Å². The van der Waals surface area contributed by atoms with E-state index in [-0.39, 0.29) is 109 Å². The molecule has 4 aromatic carbocycles. The SMILES string of the molecule is COc1cc2c(cc1O)C1=CC3CC4(CCC(Cn5c(-c6cccc(O)c6)cc6[nH]ccc65)(NCC(C)O)C4)C4CC(O)CCC4C3C2CC(=O)CC(C(O)Cc2ccc(O)c(OCCO)c2)OC(=O)CC#CCc2c1[nH]c1ccccc21. The van der Waals surface area contributed by atoms with Gasteiger partial charge in [0, 0.05) is 72.5 Å². The molecule has 4 aliphatic carbocycles. The Morgan fingerprint density at radius 2 is 1.75 bits per heavy atom. The maximum Gasteiger partial charge on any atom is 0.318 e. The number of aliphatic hydroxyl groups excluding tert-OH is 4. The molecule has 0 saturated heterocycles. The summed E-state index contributed by atoms with van der Waals surface area (Å²) in [6.07, 6.45) is 5.02. The molecule has 5 aliphatic rings. The number of nitrogens with zero attached hydrogens (tertiary/aromatic N) is 1. The summed E-state index contributed by atoms with van der Waals surface area (Å²) in [7, 11) is 1.52. The molecule has 10 N–H and O–H groups in total. The zero-order valence-electron chi connectivity index (χ0n) is 46.9. The number of fused-ring (bicyclic) bond motifs is 10. The van der Waals surface area contributed by atoms with E-state index in [1.54, 1.807) is 37.3 Å². The van der Waals surface area contributed by atoms with E-state index in [1.807, 2.05) is 42.6 Å². The maximum atomic E-state index is 15.4. The van der Waals surface area contributed by atoms with Gasteiger partial charge in [0.1, 0.15) is 30.7 Å². The lowest BCUT2D eigenvalue weighted by atomic mass is 9.47. The lowest BCUT2D eigenvalue weighted by Gasteiger charge is -2.57. The number of methoxy groups -OCH3 is 1. The van der Waals surface area contributed by atoms with Crippen molar-refractivity contribution < 1.29 is 59.5 Å². The number of benzene rings is 4. The Morgan fingerprint density at radius 3 is 2.57 bits per heavy atom. The van der Waals surface area contributed by atoms with Gasteiger partial charge in [-0.3, -0.25) is 9.59 Å². The smallest absolute Gasteiger partial charge is 0.318 e. The highest BCUT2D eigenvalue weighted by Gasteiger charge is 2.61. The summed E-state index contributed by atoms with van der Waals surface area (Å²) in [5.41, 5.74) is 8.56. The van der Waals surface area contributed by atoms with Crippen LogP contribution in [0.25, 0.3) is 38.8 Å². The summed E-state index contributed by atoms with van der Waals surface area (Å²) in [5, 5.41) is 82.5. The number of aliphatic hydroxyl groups is 4. The maximum absolute atomic E-state index is 15.4. The van der Waals surface area contributed by atoms with E-state index in [0.717, 1.165) is 80.4 Å². The molecule has 3 fully saturated rings. The van der Waals surface area contributed by atoms with E-state index in [0.29, 0.717) is 44.3 Å². The molecular weight excluding hydrogens is 1050 g/mol. The third-order valence-electron chi connectivity index (χ3n) is 19.1. The number of carbonyl (C=O) groups excluding carboxylic acids is 2. The number of ketones is 1. The zero-order valence-corrected chi connectivity index (χ0v) is 46.9. The summed E-state index contributed by atoms with van der Waals surface area (Å²) in [5.74, 6) is 4.93. The third kappa shape index (κ3) is 10.9. The first-order valence-electron chi connectivity index (χ1n) is 29.3. The van der Waals surface area contributed by atoms with E-state index >= 15 is 4.79 Å². The molecule has 16 nitrogen and oxygen atoms in total. The second-order valence-corrected chi connectivity index (χ2v) is 24.3. The molecule has 3 saturated carbocycles. The summed E-state index contributed by atoms with van der Waals surface area (Å²) in [6, 6.07) is 27.8. The average Bonchev–Trinajstić information content (AvgIpc) is 3.80. The fourth-order valence-electron chi connectivity index (χ4n) is 15.7. The first-order chi connectivity index (χ1) is 40.1. The largest absolute Gasteiger partial charge is 0.508 e. The number of rotatable bonds is 13. The number of para-hydroxylation sites is 1. The number of carbonyl (C=O) groups is 2. The number of β-amino-alcohol motifs (C(OH)–C–C–N with tert-alkyl or cyclic N) is 1. The van der Waals surface area contributed by atoms with Crippen LogP contribution in [-0.2, 0) is 33.7 Å². The second-order valence-electron chi connectivity index (χ2n) is 24.3. The van der Waals surface area contributed by atoms with E-state index in [1.165, 1.54) is 13.2 Å². The van der Waals surface area contributed by atoms with Gasteiger partial charge in [0.25, 0.3) is 0 Å². The predicted molar refractivity (Wildman–Crippen MR) is 314 cm³/mol. The lowest BCUT2D eigenvalue weighted by molar-refractivity contribution is -0.155. The standard InChI is InChI=1S/C67H74N4O12/c1-38(73)35-69-67(37-71-55-18-21-68-54(55)33-56(71)40-8-7-9-42(74)26-40)20-19-66(36-67)34-41-27-51-48-31-59(79)60(81-2)32-49(48)50(64(41)47-16-15-43(75)29-52(47)66)28-44(76)30-62(58(78)24-39-14-17-57(77)61(25-39)82-23-22-72)83-63(80)13-6-4-11-46-45-10-3-5-12-53(45)70-65(46)51/h3,5,7-10,12,14,17-18,21,25-27,31-33,38,41,43,47,50,52,58,62,64,68-70,72-75,77-79H,11,13,15-16,19-20,22-24,28-30,34-37H2,1-2H3. The van der Waals surface area contributed by atoms with Crippen LogP contribution >= 0.6 is 0 Å². The number of H-pyrrole nitrogens is 2. The number of allylic oxidation sites excluding steroid dienone is 1. The van der Waals surface area contributed by atoms with E-state index in [2.05, 4.69) is 56.0 Å². The van der Waals surface area contributed by atoms with Crippen molar-refractivity contribution in [3.05, 3.63) is 131 Å². The summed E-state index contributed by atoms with van der Waals surface area (Å²) >= 11 is 0. The number of nitrogens with one attached hydrogen (secondary N) is 3. The number of hydrogen-bond acceptors (Lipinski definition) is 13. The average molecular weight is 1130 g/mol. The van der Waals surface area contributed by atoms with Crippen molar-refractivity contribution >= 4 is 39.3 Å². The Kier molecular flexibility index (Phi) is 15.5. The molecule has 434 valence electrons. The monoisotopic (exact) mass is 1130 g/mol. The van der Waals surface area contributed by atoms with Crippen LogP contribution in [0.1, 0.15) is 105 Å². The van der Waals surface area contributed by atoms with Gasteiger partial charge in [-0.05, 0) is 164 Å². The molecule has 83 heavy (non-hydrogen) atoms. The van der Waals surface area contributed by atoms with Crippen molar-refractivity contribution in [1.29, 1.82) is 0 Å². The number of phenolic OH excluding ortho intramolecular Hbond substituents is 3. The zero-order chi connectivity index (χ0) is 57.7. The van der Waals surface area contributed by atoms with Crippen LogP contribution in [0.2, 0.25) is 0 Å². The molecule has 12 rings (SSSR count). The molecule has 0 amide bonds. The van der Waals surface area contributed by atoms with E-state index in [9.17, 15) is 40.5 Å². The van der Waals surface area contributed by atoms with Crippen LogP contribution in [0.15, 0.2) is 103 Å². The quantitative estimate of drug-likeness (QED) is 0.0383. The van der Waals surface area contributed by atoms with Gasteiger partial charge in [-0.25, -0.2) is 0 Å². The molecule has 2 bridgehead atoms. The highest BCUT2D eigenvalue weighted by molar-refractivity contribution is 5.94. The Morgan fingerprint density at radius 1 is 0.904 bits per heavy atom. The third-order valence-corrected chi connectivity index (χ3v) is 19.1. The molecule has 0 radical (unpaired) electrons. The van der Waals surface area contributed by atoms with Gasteiger partial charge in [0.15, 0.2) is 23.0 Å². The van der Waals surface area contributed by atoms with Gasteiger partial charge in [0.2, 0.25) is 0 Å². The minimum absolute atomic E-state index is 0.00151. The minimum Gasteiger partial charge on any atom is -0.508 e. The van der Waals surface area contributed by atoms with Gasteiger partial charge in [-0.1, -0.05) is 54.3 Å². The number of aromatic nitrogens is 3. The topological polar surface area (TPSA) is 252 Å². The van der Waals surface area contributed by atoms with Crippen molar-refractivity contribution in [3.8, 4) is 51.8 Å². The van der Waals surface area contributed by atoms with E-state index in [4.69, 9.17) is 14.2 Å². The number of Topliss-reactive ketones (excluding diaryl/α,β-unsaturated/α-hetero) is 1. The predicted octanol–water partition coefficient (Wildman–Crippen LogP) is 8.95. The molecule has 7 aromatic rings. The number of aromatic hydroxyl groups is 3. The number of aromatic amines is 2. The van der Waals surface area contributed by atoms with Crippen LogP contribution in [0.3, 0.4) is 0 Å². The van der Waals surface area contributed by atoms with Gasteiger partial charge in [-0.2, -0.15) is 0 Å². The fourth-order valence-corrected chi connectivity index (χ4v) is 15.7. The van der Waals surface area contributed by atoms with Crippen molar-refractivity contribution in [2.24, 2.45) is 29.1 Å². The Hall–Kier alpha value is -7.52. The summed E-state index contributed by atoms with van der Waals surface area (Å²) < 4.78 is 19.9. The van der Waals surface area contributed by atoms with Gasteiger partial charge in [-0.15, -0.1) is 0 Å². The van der Waals surface area contributed by atoms with Crippen molar-refractivity contribution in [3.63, 3.8) is 0 Å².